The molecule has 96 valence electrons. The number of nitrogens with zero attached hydrogens (tertiary/aromatic N) is 2. The fraction of sp³-hybridized carbons (Fsp3) is 0.692. The lowest BCUT2D eigenvalue weighted by atomic mass is 9.96. The van der Waals surface area contributed by atoms with Crippen LogP contribution in [0, 0.1) is 6.92 Å². The molecule has 0 atom stereocenters. The van der Waals surface area contributed by atoms with Gasteiger partial charge in [0, 0.05) is 18.2 Å². The third-order valence-electron chi connectivity index (χ3n) is 3.19. The molecule has 1 aromatic rings. The molecular formula is C13H24N4. The average molecular weight is 236 g/mol. The molecule has 0 saturated heterocycles. The van der Waals surface area contributed by atoms with Crippen molar-refractivity contribution in [2.45, 2.75) is 53.0 Å². The van der Waals surface area contributed by atoms with Crippen LogP contribution in [-0.4, -0.2) is 22.1 Å². The summed E-state index contributed by atoms with van der Waals surface area (Å²) >= 11 is 0. The van der Waals surface area contributed by atoms with E-state index in [1.165, 1.54) is 0 Å². The van der Waals surface area contributed by atoms with Gasteiger partial charge in [-0.3, -0.25) is 0 Å². The average Bonchev–Trinajstić information content (AvgIpc) is 2.28. The van der Waals surface area contributed by atoms with Crippen molar-refractivity contribution < 1.29 is 0 Å². The number of hydrogen-bond donors (Lipinski definition) is 2. The molecule has 0 aliphatic rings. The van der Waals surface area contributed by atoms with Crippen LogP contribution in [0.4, 0.5) is 11.6 Å². The van der Waals surface area contributed by atoms with E-state index in [1.807, 2.05) is 13.0 Å². The van der Waals surface area contributed by atoms with Gasteiger partial charge in [0.05, 0.1) is 0 Å². The molecule has 1 aromatic heterocycles. The Hall–Kier alpha value is -1.32. The maximum atomic E-state index is 4.43. The first-order valence-electron chi connectivity index (χ1n) is 6.40. The SMILES string of the molecule is CCNc1cc(NC(C)(CC)CC)nc(C)n1. The second-order valence-corrected chi connectivity index (χ2v) is 4.61. The van der Waals surface area contributed by atoms with Gasteiger partial charge in [0.1, 0.15) is 17.5 Å². The second-order valence-electron chi connectivity index (χ2n) is 4.61. The van der Waals surface area contributed by atoms with Crippen molar-refractivity contribution in [3.05, 3.63) is 11.9 Å². The summed E-state index contributed by atoms with van der Waals surface area (Å²) in [5.74, 6) is 2.58. The highest BCUT2D eigenvalue weighted by molar-refractivity contribution is 5.48. The van der Waals surface area contributed by atoms with Gasteiger partial charge in [0.2, 0.25) is 0 Å². The van der Waals surface area contributed by atoms with Crippen LogP contribution in [-0.2, 0) is 0 Å². The van der Waals surface area contributed by atoms with E-state index in [2.05, 4.69) is 48.3 Å². The zero-order valence-electron chi connectivity index (χ0n) is 11.6. The largest absolute Gasteiger partial charge is 0.370 e. The minimum atomic E-state index is 0.101. The van der Waals surface area contributed by atoms with Crippen molar-refractivity contribution in [1.82, 2.24) is 9.97 Å². The lowest BCUT2D eigenvalue weighted by Crippen LogP contribution is -2.33. The number of anilines is 2. The van der Waals surface area contributed by atoms with Crippen LogP contribution in [0.1, 0.15) is 46.4 Å². The quantitative estimate of drug-likeness (QED) is 0.796. The fourth-order valence-corrected chi connectivity index (χ4v) is 1.64. The van der Waals surface area contributed by atoms with Gasteiger partial charge in [-0.15, -0.1) is 0 Å². The Kier molecular flexibility index (Phi) is 4.73. The second kappa shape index (κ2) is 5.84. The Labute approximate surface area is 104 Å². The smallest absolute Gasteiger partial charge is 0.132 e. The van der Waals surface area contributed by atoms with Crippen LogP contribution < -0.4 is 10.6 Å². The molecule has 0 amide bonds. The molecule has 0 aliphatic carbocycles. The molecule has 0 fully saturated rings. The van der Waals surface area contributed by atoms with Crippen LogP contribution in [0.3, 0.4) is 0 Å². The van der Waals surface area contributed by atoms with Crippen molar-refractivity contribution in [3.63, 3.8) is 0 Å². The van der Waals surface area contributed by atoms with Crippen LogP contribution in [0.2, 0.25) is 0 Å². The van der Waals surface area contributed by atoms with Gasteiger partial charge in [-0.05, 0) is 33.6 Å². The lowest BCUT2D eigenvalue weighted by Gasteiger charge is -2.29. The summed E-state index contributed by atoms with van der Waals surface area (Å²) in [5.41, 5.74) is 0.101. The summed E-state index contributed by atoms with van der Waals surface area (Å²) in [6.07, 6.45) is 2.15. The van der Waals surface area contributed by atoms with E-state index in [-0.39, 0.29) is 5.54 Å². The van der Waals surface area contributed by atoms with Gasteiger partial charge >= 0.3 is 0 Å². The molecule has 17 heavy (non-hydrogen) atoms. The minimum absolute atomic E-state index is 0.101. The summed E-state index contributed by atoms with van der Waals surface area (Å²) in [5, 5.41) is 6.72. The number of nitrogens with one attached hydrogen (secondary N) is 2. The Morgan fingerprint density at radius 3 is 2.24 bits per heavy atom. The molecule has 0 spiro atoms. The zero-order valence-corrected chi connectivity index (χ0v) is 11.6. The molecule has 0 radical (unpaired) electrons. The van der Waals surface area contributed by atoms with Gasteiger partial charge in [0.15, 0.2) is 0 Å². The molecule has 2 N–H and O–H groups in total. The predicted molar refractivity (Wildman–Crippen MR) is 73.5 cm³/mol. The molecule has 0 aliphatic heterocycles. The van der Waals surface area contributed by atoms with E-state index < -0.39 is 0 Å². The van der Waals surface area contributed by atoms with Gasteiger partial charge in [-0.25, -0.2) is 9.97 Å². The van der Waals surface area contributed by atoms with Gasteiger partial charge in [0.25, 0.3) is 0 Å². The number of aromatic nitrogens is 2. The van der Waals surface area contributed by atoms with E-state index >= 15 is 0 Å². The first-order valence-corrected chi connectivity index (χ1v) is 6.40. The third kappa shape index (κ3) is 3.88. The molecule has 0 bridgehead atoms. The highest BCUT2D eigenvalue weighted by Gasteiger charge is 2.19. The van der Waals surface area contributed by atoms with Crippen molar-refractivity contribution in [1.29, 1.82) is 0 Å². The van der Waals surface area contributed by atoms with Crippen LogP contribution in [0.25, 0.3) is 0 Å². The van der Waals surface area contributed by atoms with Crippen molar-refractivity contribution in [2.24, 2.45) is 0 Å². The van der Waals surface area contributed by atoms with Crippen LogP contribution in [0.15, 0.2) is 6.07 Å². The normalized spacial score (nSPS) is 11.4. The van der Waals surface area contributed by atoms with E-state index in [0.717, 1.165) is 36.8 Å². The molecular weight excluding hydrogens is 212 g/mol. The monoisotopic (exact) mass is 236 g/mol. The molecule has 0 saturated carbocycles. The van der Waals surface area contributed by atoms with Crippen molar-refractivity contribution >= 4 is 11.6 Å². The first-order chi connectivity index (χ1) is 8.03. The van der Waals surface area contributed by atoms with Crippen LogP contribution >= 0.6 is 0 Å². The number of aryl methyl sites for hydroxylation is 1. The molecule has 1 rings (SSSR count). The molecule has 0 aromatic carbocycles. The van der Waals surface area contributed by atoms with Gasteiger partial charge < -0.3 is 10.6 Å². The summed E-state index contributed by atoms with van der Waals surface area (Å²) in [6.45, 7) is 11.4. The van der Waals surface area contributed by atoms with Crippen molar-refractivity contribution in [2.75, 3.05) is 17.2 Å². The lowest BCUT2D eigenvalue weighted by molar-refractivity contribution is 0.476. The zero-order chi connectivity index (χ0) is 12.9. The maximum absolute atomic E-state index is 4.43. The van der Waals surface area contributed by atoms with Gasteiger partial charge in [-0.1, -0.05) is 13.8 Å². The summed E-state index contributed by atoms with van der Waals surface area (Å²) in [6, 6.07) is 1.97. The molecule has 0 unspecified atom stereocenters. The highest BCUT2D eigenvalue weighted by atomic mass is 15.1. The summed E-state index contributed by atoms with van der Waals surface area (Å²) in [4.78, 5) is 8.78. The number of rotatable bonds is 6. The van der Waals surface area contributed by atoms with Crippen molar-refractivity contribution in [3.8, 4) is 0 Å². The predicted octanol–water partition coefficient (Wildman–Crippen LogP) is 3.21. The Balaban J connectivity index is 2.90. The Bertz CT molecular complexity index is 358. The Morgan fingerprint density at radius 2 is 1.71 bits per heavy atom. The van der Waals surface area contributed by atoms with E-state index in [1.54, 1.807) is 0 Å². The van der Waals surface area contributed by atoms with E-state index in [9.17, 15) is 0 Å². The topological polar surface area (TPSA) is 49.8 Å². The van der Waals surface area contributed by atoms with Gasteiger partial charge in [-0.2, -0.15) is 0 Å². The van der Waals surface area contributed by atoms with Crippen LogP contribution in [0.5, 0.6) is 0 Å². The molecule has 4 nitrogen and oxygen atoms in total. The highest BCUT2D eigenvalue weighted by Crippen LogP contribution is 2.21. The summed E-state index contributed by atoms with van der Waals surface area (Å²) in [7, 11) is 0. The third-order valence-corrected chi connectivity index (χ3v) is 3.19. The molecule has 1 heterocycles. The number of hydrogen-bond acceptors (Lipinski definition) is 4. The maximum Gasteiger partial charge on any atom is 0.132 e. The first kappa shape index (κ1) is 13.7. The summed E-state index contributed by atoms with van der Waals surface area (Å²) < 4.78 is 0. The standard InChI is InChI=1S/C13H24N4/c1-6-13(5,7-2)17-12-9-11(14-8-3)15-10(4)16-12/h9H,6-8H2,1-5H3,(H2,14,15,16,17). The molecule has 4 heteroatoms. The van der Waals surface area contributed by atoms with E-state index in [4.69, 9.17) is 0 Å². The Morgan fingerprint density at radius 1 is 1.12 bits per heavy atom. The minimum Gasteiger partial charge on any atom is -0.370 e. The fourth-order valence-electron chi connectivity index (χ4n) is 1.64. The van der Waals surface area contributed by atoms with E-state index in [0.29, 0.717) is 0 Å².